The molecule has 2 rings (SSSR count). The summed E-state index contributed by atoms with van der Waals surface area (Å²) < 4.78 is 13.7. The molecule has 0 heterocycles. The molecule has 2 aromatic rings. The van der Waals surface area contributed by atoms with Gasteiger partial charge in [0.25, 0.3) is 5.91 Å². The van der Waals surface area contributed by atoms with Crippen molar-refractivity contribution in [3.8, 4) is 0 Å². The van der Waals surface area contributed by atoms with Gasteiger partial charge in [-0.1, -0.05) is 40.2 Å². The smallest absolute Gasteiger partial charge is 0.251 e. The van der Waals surface area contributed by atoms with Crippen LogP contribution >= 0.6 is 15.9 Å². The van der Waals surface area contributed by atoms with E-state index < -0.39 is 5.82 Å². The first kappa shape index (κ1) is 14.7. The van der Waals surface area contributed by atoms with Crippen molar-refractivity contribution in [1.82, 2.24) is 5.32 Å². The van der Waals surface area contributed by atoms with Gasteiger partial charge in [0.15, 0.2) is 0 Å². The standard InChI is InChI=1S/C15H13BrFNO2/c16-13-5-12(6-14(17)7-13)15(20)18-8-10-1-3-11(9-19)4-2-10/h1-7,19H,8-9H2,(H,18,20). The first-order chi connectivity index (χ1) is 9.58. The number of nitrogens with one attached hydrogen (secondary N) is 1. The number of carbonyl (C=O) groups is 1. The van der Waals surface area contributed by atoms with Crippen LogP contribution < -0.4 is 5.32 Å². The zero-order chi connectivity index (χ0) is 14.5. The van der Waals surface area contributed by atoms with Gasteiger partial charge in [-0.25, -0.2) is 4.39 Å². The Balaban J connectivity index is 2.00. The van der Waals surface area contributed by atoms with E-state index in [4.69, 9.17) is 5.11 Å². The SMILES string of the molecule is O=C(NCc1ccc(CO)cc1)c1cc(F)cc(Br)c1. The van der Waals surface area contributed by atoms with Gasteiger partial charge in [-0.3, -0.25) is 4.79 Å². The summed E-state index contributed by atoms with van der Waals surface area (Å²) in [5, 5.41) is 11.7. The zero-order valence-electron chi connectivity index (χ0n) is 10.6. The van der Waals surface area contributed by atoms with Crippen LogP contribution in [0.3, 0.4) is 0 Å². The highest BCUT2D eigenvalue weighted by atomic mass is 79.9. The Bertz CT molecular complexity index is 594. The van der Waals surface area contributed by atoms with E-state index in [1.807, 2.05) is 12.1 Å². The molecule has 104 valence electrons. The number of hydrogen-bond acceptors (Lipinski definition) is 2. The monoisotopic (exact) mass is 337 g/mol. The lowest BCUT2D eigenvalue weighted by Gasteiger charge is -2.07. The molecule has 5 heteroatoms. The van der Waals surface area contributed by atoms with Crippen LogP contribution in [-0.4, -0.2) is 11.0 Å². The molecular formula is C15H13BrFNO2. The molecule has 0 aliphatic rings. The number of benzene rings is 2. The minimum atomic E-state index is -0.461. The van der Waals surface area contributed by atoms with Crippen LogP contribution in [0.2, 0.25) is 0 Å². The van der Waals surface area contributed by atoms with Gasteiger partial charge in [-0.2, -0.15) is 0 Å². The summed E-state index contributed by atoms with van der Waals surface area (Å²) in [6.45, 7) is 0.336. The van der Waals surface area contributed by atoms with Crippen molar-refractivity contribution in [2.24, 2.45) is 0 Å². The lowest BCUT2D eigenvalue weighted by molar-refractivity contribution is 0.0950. The van der Waals surface area contributed by atoms with Crippen molar-refractivity contribution in [2.45, 2.75) is 13.2 Å². The molecule has 0 spiro atoms. The fraction of sp³-hybridized carbons (Fsp3) is 0.133. The van der Waals surface area contributed by atoms with Gasteiger partial charge in [-0.05, 0) is 29.3 Å². The van der Waals surface area contributed by atoms with Gasteiger partial charge in [0, 0.05) is 16.6 Å². The maximum atomic E-state index is 13.2. The molecule has 0 aromatic heterocycles. The van der Waals surface area contributed by atoms with E-state index >= 15 is 0 Å². The molecule has 2 N–H and O–H groups in total. The third kappa shape index (κ3) is 3.88. The third-order valence-corrected chi connectivity index (χ3v) is 3.24. The number of halogens is 2. The van der Waals surface area contributed by atoms with Crippen molar-refractivity contribution in [3.63, 3.8) is 0 Å². The summed E-state index contributed by atoms with van der Waals surface area (Å²) in [6, 6.07) is 11.3. The summed E-state index contributed by atoms with van der Waals surface area (Å²) in [6.07, 6.45) is 0. The predicted octanol–water partition coefficient (Wildman–Crippen LogP) is 3.01. The number of hydrogen-bond donors (Lipinski definition) is 2. The Morgan fingerprint density at radius 3 is 2.40 bits per heavy atom. The normalized spacial score (nSPS) is 10.3. The Morgan fingerprint density at radius 1 is 1.15 bits per heavy atom. The number of aliphatic hydroxyl groups excluding tert-OH is 1. The first-order valence-corrected chi connectivity index (χ1v) is 6.81. The minimum Gasteiger partial charge on any atom is -0.392 e. The summed E-state index contributed by atoms with van der Waals surface area (Å²) in [5.41, 5.74) is 1.99. The van der Waals surface area contributed by atoms with Crippen LogP contribution in [0.1, 0.15) is 21.5 Å². The fourth-order valence-electron chi connectivity index (χ4n) is 1.73. The van der Waals surface area contributed by atoms with E-state index in [1.165, 1.54) is 12.1 Å². The number of carbonyl (C=O) groups excluding carboxylic acids is 1. The predicted molar refractivity (Wildman–Crippen MR) is 77.6 cm³/mol. The van der Waals surface area contributed by atoms with Crippen molar-refractivity contribution in [2.75, 3.05) is 0 Å². The second kappa shape index (κ2) is 6.63. The molecule has 1 amide bonds. The molecular weight excluding hydrogens is 325 g/mol. The van der Waals surface area contributed by atoms with E-state index in [9.17, 15) is 9.18 Å². The van der Waals surface area contributed by atoms with E-state index in [2.05, 4.69) is 21.2 Å². The molecule has 0 saturated carbocycles. The van der Waals surface area contributed by atoms with Gasteiger partial charge in [0.1, 0.15) is 5.82 Å². The first-order valence-electron chi connectivity index (χ1n) is 6.01. The summed E-state index contributed by atoms with van der Waals surface area (Å²) in [7, 11) is 0. The molecule has 20 heavy (non-hydrogen) atoms. The van der Waals surface area contributed by atoms with Crippen molar-refractivity contribution < 1.29 is 14.3 Å². The van der Waals surface area contributed by atoms with E-state index in [0.717, 1.165) is 11.1 Å². The lowest BCUT2D eigenvalue weighted by Crippen LogP contribution is -2.22. The maximum Gasteiger partial charge on any atom is 0.251 e. The number of amides is 1. The molecule has 0 aliphatic carbocycles. The zero-order valence-corrected chi connectivity index (χ0v) is 12.2. The topological polar surface area (TPSA) is 49.3 Å². The van der Waals surface area contributed by atoms with E-state index in [-0.39, 0.29) is 18.1 Å². The van der Waals surface area contributed by atoms with Gasteiger partial charge >= 0.3 is 0 Å². The molecule has 3 nitrogen and oxygen atoms in total. The quantitative estimate of drug-likeness (QED) is 0.900. The Kier molecular flexibility index (Phi) is 4.87. The van der Waals surface area contributed by atoms with Gasteiger partial charge in [0.2, 0.25) is 0 Å². The maximum absolute atomic E-state index is 13.2. The van der Waals surface area contributed by atoms with Gasteiger partial charge in [-0.15, -0.1) is 0 Å². The number of aliphatic hydroxyl groups is 1. The minimum absolute atomic E-state index is 0.00996. The second-order valence-corrected chi connectivity index (χ2v) is 5.23. The molecule has 2 aromatic carbocycles. The van der Waals surface area contributed by atoms with Crippen LogP contribution in [-0.2, 0) is 13.2 Å². The lowest BCUT2D eigenvalue weighted by atomic mass is 10.1. The average Bonchev–Trinajstić information content (AvgIpc) is 2.44. The van der Waals surface area contributed by atoms with E-state index in [0.29, 0.717) is 11.0 Å². The van der Waals surface area contributed by atoms with Crippen molar-refractivity contribution in [1.29, 1.82) is 0 Å². The van der Waals surface area contributed by atoms with Gasteiger partial charge in [0.05, 0.1) is 6.61 Å². The van der Waals surface area contributed by atoms with Crippen LogP contribution in [0.5, 0.6) is 0 Å². The summed E-state index contributed by atoms with van der Waals surface area (Å²) in [5.74, 6) is -0.798. The molecule has 0 radical (unpaired) electrons. The Hall–Kier alpha value is -1.72. The van der Waals surface area contributed by atoms with Crippen molar-refractivity contribution in [3.05, 3.63) is 69.4 Å². The van der Waals surface area contributed by atoms with Crippen LogP contribution in [0.4, 0.5) is 4.39 Å². The third-order valence-electron chi connectivity index (χ3n) is 2.78. The molecule has 0 aliphatic heterocycles. The highest BCUT2D eigenvalue weighted by Gasteiger charge is 2.08. The molecule has 0 bridgehead atoms. The largest absolute Gasteiger partial charge is 0.392 e. The molecule has 0 unspecified atom stereocenters. The molecule has 0 atom stereocenters. The average molecular weight is 338 g/mol. The Morgan fingerprint density at radius 2 is 1.80 bits per heavy atom. The summed E-state index contributed by atoms with van der Waals surface area (Å²) in [4.78, 5) is 11.9. The van der Waals surface area contributed by atoms with Crippen LogP contribution in [0.15, 0.2) is 46.9 Å². The molecule has 0 fully saturated rings. The number of rotatable bonds is 4. The van der Waals surface area contributed by atoms with Gasteiger partial charge < -0.3 is 10.4 Å². The van der Waals surface area contributed by atoms with Crippen LogP contribution in [0, 0.1) is 5.82 Å². The second-order valence-electron chi connectivity index (χ2n) is 4.32. The fourth-order valence-corrected chi connectivity index (χ4v) is 2.20. The summed E-state index contributed by atoms with van der Waals surface area (Å²) >= 11 is 3.15. The highest BCUT2D eigenvalue weighted by Crippen LogP contribution is 2.15. The van der Waals surface area contributed by atoms with Crippen molar-refractivity contribution >= 4 is 21.8 Å². The highest BCUT2D eigenvalue weighted by molar-refractivity contribution is 9.10. The Labute approximate surface area is 124 Å². The van der Waals surface area contributed by atoms with Crippen LogP contribution in [0.25, 0.3) is 0 Å². The molecule has 0 saturated heterocycles. The van der Waals surface area contributed by atoms with E-state index in [1.54, 1.807) is 18.2 Å².